The van der Waals surface area contributed by atoms with Crippen LogP contribution in [-0.2, 0) is 0 Å². The minimum atomic E-state index is -0.293. The molecule has 2 amide bonds. The number of urea groups is 1. The van der Waals surface area contributed by atoms with Crippen LogP contribution in [-0.4, -0.2) is 40.7 Å². The molecule has 2 aromatic rings. The van der Waals surface area contributed by atoms with Gasteiger partial charge in [0.05, 0.1) is 12.3 Å². The first-order valence-electron chi connectivity index (χ1n) is 7.83. The van der Waals surface area contributed by atoms with Gasteiger partial charge in [-0.05, 0) is 31.0 Å². The molecule has 1 aliphatic carbocycles. The summed E-state index contributed by atoms with van der Waals surface area (Å²) in [5, 5.41) is 12.7. The van der Waals surface area contributed by atoms with E-state index in [4.69, 9.17) is 4.42 Å². The summed E-state index contributed by atoms with van der Waals surface area (Å²) in [7, 11) is 1.75. The molecule has 3 rings (SSSR count). The summed E-state index contributed by atoms with van der Waals surface area (Å²) in [5.74, 6) is 0.688. The molecular weight excluding hydrogens is 294 g/mol. The van der Waals surface area contributed by atoms with E-state index < -0.39 is 0 Å². The maximum atomic E-state index is 12.3. The van der Waals surface area contributed by atoms with Crippen LogP contribution in [0.4, 0.5) is 10.5 Å². The molecule has 0 spiro atoms. The summed E-state index contributed by atoms with van der Waals surface area (Å²) >= 11 is 0. The Morgan fingerprint density at radius 2 is 2.35 bits per heavy atom. The second kappa shape index (κ2) is 6.83. The van der Waals surface area contributed by atoms with Crippen molar-refractivity contribution in [3.63, 3.8) is 0 Å². The fourth-order valence-electron chi connectivity index (χ4n) is 2.98. The second-order valence-corrected chi connectivity index (χ2v) is 5.99. The molecule has 0 aliphatic heterocycles. The normalized spacial score (nSPS) is 20.4. The van der Waals surface area contributed by atoms with E-state index in [1.807, 2.05) is 24.3 Å². The average molecular weight is 315 g/mol. The molecule has 0 saturated heterocycles. The Morgan fingerprint density at radius 1 is 1.48 bits per heavy atom. The Hall–Kier alpha value is -2.34. The van der Waals surface area contributed by atoms with Gasteiger partial charge in [-0.2, -0.15) is 0 Å². The van der Waals surface area contributed by atoms with Crippen LogP contribution in [0.5, 0.6) is 0 Å². The summed E-state index contributed by atoms with van der Waals surface area (Å²) in [4.78, 5) is 18.0. The summed E-state index contributed by atoms with van der Waals surface area (Å²) in [6, 6.07) is 7.18. The Balaban J connectivity index is 1.62. The van der Waals surface area contributed by atoms with Crippen molar-refractivity contribution in [2.75, 3.05) is 18.9 Å². The smallest absolute Gasteiger partial charge is 0.321 e. The lowest BCUT2D eigenvalue weighted by Gasteiger charge is -2.23. The lowest BCUT2D eigenvalue weighted by Crippen LogP contribution is -2.37. The number of benzene rings is 1. The van der Waals surface area contributed by atoms with Crippen LogP contribution in [0.15, 0.2) is 41.1 Å². The van der Waals surface area contributed by atoms with Gasteiger partial charge >= 0.3 is 6.03 Å². The zero-order valence-electron chi connectivity index (χ0n) is 13.1. The van der Waals surface area contributed by atoms with Crippen molar-refractivity contribution in [2.24, 2.45) is 5.92 Å². The van der Waals surface area contributed by atoms with E-state index in [1.165, 1.54) is 6.26 Å². The Morgan fingerprint density at radius 3 is 3.04 bits per heavy atom. The monoisotopic (exact) mass is 315 g/mol. The Bertz CT molecular complexity index is 657. The van der Waals surface area contributed by atoms with Gasteiger partial charge in [-0.1, -0.05) is 12.5 Å². The molecule has 6 nitrogen and oxygen atoms in total. The van der Waals surface area contributed by atoms with Crippen LogP contribution in [0.2, 0.25) is 0 Å². The van der Waals surface area contributed by atoms with E-state index in [1.54, 1.807) is 18.1 Å². The molecule has 1 fully saturated rings. The molecule has 23 heavy (non-hydrogen) atoms. The molecular formula is C17H21N3O3. The molecule has 0 radical (unpaired) electrons. The number of hydrogen-bond donors (Lipinski definition) is 2. The molecule has 0 bridgehead atoms. The first-order valence-corrected chi connectivity index (χ1v) is 7.83. The number of oxazole rings is 1. The van der Waals surface area contributed by atoms with Crippen LogP contribution in [0.25, 0.3) is 11.5 Å². The molecule has 6 heteroatoms. The first kappa shape index (κ1) is 15.6. The highest BCUT2D eigenvalue weighted by atomic mass is 16.3. The molecule has 1 aromatic heterocycles. The van der Waals surface area contributed by atoms with Crippen LogP contribution < -0.4 is 5.32 Å². The van der Waals surface area contributed by atoms with Crippen molar-refractivity contribution in [3.05, 3.63) is 36.7 Å². The van der Waals surface area contributed by atoms with Crippen LogP contribution in [0, 0.1) is 5.92 Å². The molecule has 122 valence electrons. The predicted molar refractivity (Wildman–Crippen MR) is 86.9 cm³/mol. The molecule has 1 heterocycles. The number of carbonyl (C=O) groups is 1. The fraction of sp³-hybridized carbons (Fsp3) is 0.412. The third kappa shape index (κ3) is 3.71. The number of hydrogen-bond acceptors (Lipinski definition) is 4. The van der Waals surface area contributed by atoms with E-state index in [2.05, 4.69) is 10.3 Å². The number of aromatic nitrogens is 1. The fourth-order valence-corrected chi connectivity index (χ4v) is 2.98. The zero-order chi connectivity index (χ0) is 16.2. The molecule has 2 N–H and O–H groups in total. The lowest BCUT2D eigenvalue weighted by molar-refractivity contribution is 0.116. The number of nitrogens with zero attached hydrogens (tertiary/aromatic N) is 2. The number of anilines is 1. The van der Waals surface area contributed by atoms with Crippen LogP contribution in [0.1, 0.15) is 19.3 Å². The standard InChI is InChI=1S/C17H21N3O3/c1-20(11-13-5-3-7-15(13)21)17(22)19-14-6-2-4-12(10-14)16-18-8-9-23-16/h2,4,6,8-10,13,15,21H,3,5,7,11H2,1H3,(H,19,22). The van der Waals surface area contributed by atoms with E-state index >= 15 is 0 Å². The first-order chi connectivity index (χ1) is 11.1. The molecule has 2 unspecified atom stereocenters. The van der Waals surface area contributed by atoms with E-state index in [9.17, 15) is 9.90 Å². The lowest BCUT2D eigenvalue weighted by atomic mass is 10.1. The topological polar surface area (TPSA) is 78.6 Å². The van der Waals surface area contributed by atoms with Gasteiger partial charge in [0.15, 0.2) is 0 Å². The number of carbonyl (C=O) groups excluding carboxylic acids is 1. The maximum Gasteiger partial charge on any atom is 0.321 e. The third-order valence-electron chi connectivity index (χ3n) is 4.27. The van der Waals surface area contributed by atoms with Gasteiger partial charge in [0.2, 0.25) is 5.89 Å². The van der Waals surface area contributed by atoms with Crippen molar-refractivity contribution < 1.29 is 14.3 Å². The van der Waals surface area contributed by atoms with Gasteiger partial charge in [0.25, 0.3) is 0 Å². The third-order valence-corrected chi connectivity index (χ3v) is 4.27. The van der Waals surface area contributed by atoms with Crippen molar-refractivity contribution in [1.82, 2.24) is 9.88 Å². The second-order valence-electron chi connectivity index (χ2n) is 5.99. The van der Waals surface area contributed by atoms with Gasteiger partial charge in [-0.25, -0.2) is 9.78 Å². The highest BCUT2D eigenvalue weighted by Crippen LogP contribution is 2.26. The summed E-state index contributed by atoms with van der Waals surface area (Å²) in [6.45, 7) is 0.562. The molecule has 1 aliphatic rings. The van der Waals surface area contributed by atoms with Gasteiger partial charge in [-0.15, -0.1) is 0 Å². The maximum absolute atomic E-state index is 12.3. The Labute approximate surface area is 135 Å². The van der Waals surface area contributed by atoms with Crippen LogP contribution in [0.3, 0.4) is 0 Å². The van der Waals surface area contributed by atoms with E-state index in [0.717, 1.165) is 24.8 Å². The Kier molecular flexibility index (Phi) is 4.62. The van der Waals surface area contributed by atoms with E-state index in [-0.39, 0.29) is 18.1 Å². The van der Waals surface area contributed by atoms with Crippen LogP contribution >= 0.6 is 0 Å². The number of rotatable bonds is 4. The number of nitrogens with one attached hydrogen (secondary N) is 1. The summed E-state index contributed by atoms with van der Waals surface area (Å²) < 4.78 is 5.27. The minimum absolute atomic E-state index is 0.171. The van der Waals surface area contributed by atoms with E-state index in [0.29, 0.717) is 18.1 Å². The largest absolute Gasteiger partial charge is 0.445 e. The number of aliphatic hydroxyl groups excluding tert-OH is 1. The van der Waals surface area contributed by atoms with Gasteiger partial charge in [-0.3, -0.25) is 0 Å². The van der Waals surface area contributed by atoms with Crippen molar-refractivity contribution in [3.8, 4) is 11.5 Å². The molecule has 2 atom stereocenters. The van der Waals surface area contributed by atoms with Gasteiger partial charge in [0, 0.05) is 30.8 Å². The van der Waals surface area contributed by atoms with Crippen molar-refractivity contribution >= 4 is 11.7 Å². The highest BCUT2D eigenvalue weighted by Gasteiger charge is 2.27. The molecule has 1 aromatic carbocycles. The van der Waals surface area contributed by atoms with Gasteiger partial charge in [0.1, 0.15) is 6.26 Å². The molecule has 1 saturated carbocycles. The average Bonchev–Trinajstić information content (AvgIpc) is 3.20. The number of aliphatic hydroxyl groups is 1. The van der Waals surface area contributed by atoms with Gasteiger partial charge < -0.3 is 19.7 Å². The number of amides is 2. The van der Waals surface area contributed by atoms with Crippen molar-refractivity contribution in [1.29, 1.82) is 0 Å². The predicted octanol–water partition coefficient (Wildman–Crippen LogP) is 2.97. The zero-order valence-corrected chi connectivity index (χ0v) is 13.1. The quantitative estimate of drug-likeness (QED) is 0.909. The summed E-state index contributed by atoms with van der Waals surface area (Å²) in [5.41, 5.74) is 1.49. The summed E-state index contributed by atoms with van der Waals surface area (Å²) in [6.07, 6.45) is 5.64. The van der Waals surface area contributed by atoms with Crippen molar-refractivity contribution in [2.45, 2.75) is 25.4 Å². The minimum Gasteiger partial charge on any atom is -0.445 e. The highest BCUT2D eigenvalue weighted by molar-refractivity contribution is 5.89. The SMILES string of the molecule is CN(CC1CCCC1O)C(=O)Nc1cccc(-c2ncco2)c1.